The molecule has 0 radical (unpaired) electrons. The third-order valence-electron chi connectivity index (χ3n) is 3.69. The van der Waals surface area contributed by atoms with E-state index in [0.717, 1.165) is 11.6 Å². The standard InChI is InChI=1S/C19H19FN2O4/c1-12-5-3-4-6-14(12)18(24)21-10-9-17(23)22-16-11-13(19(25)26-2)7-8-15(16)20/h3-8,11H,9-10H2,1-2H3,(H,21,24)(H,22,23). The summed E-state index contributed by atoms with van der Waals surface area (Å²) in [7, 11) is 1.21. The van der Waals surface area contributed by atoms with Gasteiger partial charge in [0.2, 0.25) is 5.91 Å². The number of rotatable bonds is 6. The SMILES string of the molecule is COC(=O)c1ccc(F)c(NC(=O)CCNC(=O)c2ccccc2C)c1. The maximum atomic E-state index is 13.8. The molecular weight excluding hydrogens is 339 g/mol. The first-order chi connectivity index (χ1) is 12.4. The molecule has 6 nitrogen and oxygen atoms in total. The van der Waals surface area contributed by atoms with Crippen molar-refractivity contribution in [2.75, 3.05) is 19.0 Å². The first kappa shape index (κ1) is 19.1. The van der Waals surface area contributed by atoms with Crippen molar-refractivity contribution in [1.29, 1.82) is 0 Å². The number of benzene rings is 2. The average molecular weight is 358 g/mol. The lowest BCUT2D eigenvalue weighted by Gasteiger charge is -2.09. The molecule has 2 aromatic rings. The predicted octanol–water partition coefficient (Wildman–Crippen LogP) is 2.68. The zero-order valence-electron chi connectivity index (χ0n) is 14.5. The molecule has 26 heavy (non-hydrogen) atoms. The molecule has 0 aliphatic heterocycles. The smallest absolute Gasteiger partial charge is 0.337 e. The summed E-state index contributed by atoms with van der Waals surface area (Å²) < 4.78 is 18.3. The van der Waals surface area contributed by atoms with Crippen LogP contribution in [-0.4, -0.2) is 31.4 Å². The Balaban J connectivity index is 1.90. The van der Waals surface area contributed by atoms with Crippen molar-refractivity contribution in [2.45, 2.75) is 13.3 Å². The highest BCUT2D eigenvalue weighted by Gasteiger charge is 2.13. The molecule has 0 aliphatic carbocycles. The lowest BCUT2D eigenvalue weighted by molar-refractivity contribution is -0.116. The molecule has 0 heterocycles. The second-order valence-corrected chi connectivity index (χ2v) is 5.56. The minimum absolute atomic E-state index is 0.0421. The topological polar surface area (TPSA) is 84.5 Å². The van der Waals surface area contributed by atoms with Crippen LogP contribution in [0, 0.1) is 12.7 Å². The van der Waals surface area contributed by atoms with E-state index in [4.69, 9.17) is 0 Å². The number of hydrogen-bond acceptors (Lipinski definition) is 4. The Morgan fingerprint density at radius 3 is 2.54 bits per heavy atom. The number of nitrogens with one attached hydrogen (secondary N) is 2. The van der Waals surface area contributed by atoms with Gasteiger partial charge in [0, 0.05) is 18.5 Å². The van der Waals surface area contributed by atoms with E-state index < -0.39 is 17.7 Å². The number of carbonyl (C=O) groups is 3. The lowest BCUT2D eigenvalue weighted by atomic mass is 10.1. The average Bonchev–Trinajstić information content (AvgIpc) is 2.63. The second-order valence-electron chi connectivity index (χ2n) is 5.56. The third kappa shape index (κ3) is 4.89. The molecule has 0 saturated carbocycles. The monoisotopic (exact) mass is 358 g/mol. The molecular formula is C19H19FN2O4. The Kier molecular flexibility index (Phi) is 6.43. The summed E-state index contributed by atoms with van der Waals surface area (Å²) in [6.45, 7) is 1.91. The first-order valence-electron chi connectivity index (χ1n) is 7.94. The van der Waals surface area contributed by atoms with Gasteiger partial charge in [0.15, 0.2) is 0 Å². The van der Waals surface area contributed by atoms with Crippen molar-refractivity contribution < 1.29 is 23.5 Å². The Morgan fingerprint density at radius 1 is 1.12 bits per heavy atom. The molecule has 0 spiro atoms. The van der Waals surface area contributed by atoms with Crippen molar-refractivity contribution in [3.05, 3.63) is 65.0 Å². The van der Waals surface area contributed by atoms with Gasteiger partial charge in [-0.15, -0.1) is 0 Å². The fraction of sp³-hybridized carbons (Fsp3) is 0.211. The summed E-state index contributed by atoms with van der Waals surface area (Å²) >= 11 is 0. The van der Waals surface area contributed by atoms with Crippen LogP contribution in [-0.2, 0) is 9.53 Å². The Hall–Kier alpha value is -3.22. The number of aryl methyl sites for hydroxylation is 1. The van der Waals surface area contributed by atoms with Crippen molar-refractivity contribution >= 4 is 23.5 Å². The molecule has 2 amide bonds. The van der Waals surface area contributed by atoms with E-state index in [-0.39, 0.29) is 30.1 Å². The van der Waals surface area contributed by atoms with E-state index in [1.54, 1.807) is 12.1 Å². The van der Waals surface area contributed by atoms with Gasteiger partial charge in [-0.3, -0.25) is 9.59 Å². The van der Waals surface area contributed by atoms with Crippen LogP contribution < -0.4 is 10.6 Å². The molecule has 2 aromatic carbocycles. The van der Waals surface area contributed by atoms with Gasteiger partial charge in [0.25, 0.3) is 5.91 Å². The van der Waals surface area contributed by atoms with Crippen LogP contribution in [0.5, 0.6) is 0 Å². The second kappa shape index (κ2) is 8.75. The highest BCUT2D eigenvalue weighted by Crippen LogP contribution is 2.17. The van der Waals surface area contributed by atoms with E-state index in [2.05, 4.69) is 15.4 Å². The number of ether oxygens (including phenoxy) is 1. The van der Waals surface area contributed by atoms with E-state index in [9.17, 15) is 18.8 Å². The van der Waals surface area contributed by atoms with Crippen molar-refractivity contribution in [3.63, 3.8) is 0 Å². The number of esters is 1. The number of anilines is 1. The largest absolute Gasteiger partial charge is 0.465 e. The molecule has 0 bridgehead atoms. The van der Waals surface area contributed by atoms with Gasteiger partial charge in [-0.1, -0.05) is 18.2 Å². The Bertz CT molecular complexity index is 836. The van der Waals surface area contributed by atoms with Gasteiger partial charge in [-0.25, -0.2) is 9.18 Å². The van der Waals surface area contributed by atoms with Crippen LogP contribution in [0.3, 0.4) is 0 Å². The molecule has 0 unspecified atom stereocenters. The molecule has 2 rings (SSSR count). The minimum Gasteiger partial charge on any atom is -0.465 e. The summed E-state index contributed by atoms with van der Waals surface area (Å²) in [5.41, 5.74) is 1.36. The fourth-order valence-corrected chi connectivity index (χ4v) is 2.29. The number of carbonyl (C=O) groups excluding carboxylic acids is 3. The van der Waals surface area contributed by atoms with Gasteiger partial charge in [-0.2, -0.15) is 0 Å². The zero-order chi connectivity index (χ0) is 19.1. The zero-order valence-corrected chi connectivity index (χ0v) is 14.5. The van der Waals surface area contributed by atoms with Crippen LogP contribution >= 0.6 is 0 Å². The predicted molar refractivity (Wildman–Crippen MR) is 94.5 cm³/mol. The first-order valence-corrected chi connectivity index (χ1v) is 7.94. The van der Waals surface area contributed by atoms with Crippen molar-refractivity contribution in [1.82, 2.24) is 5.32 Å². The van der Waals surface area contributed by atoms with Gasteiger partial charge < -0.3 is 15.4 Å². The number of hydrogen-bond donors (Lipinski definition) is 2. The van der Waals surface area contributed by atoms with E-state index in [0.29, 0.717) is 5.56 Å². The Labute approximate surface area is 150 Å². The van der Waals surface area contributed by atoms with Crippen molar-refractivity contribution in [2.24, 2.45) is 0 Å². The van der Waals surface area contributed by atoms with Gasteiger partial charge >= 0.3 is 5.97 Å². The summed E-state index contributed by atoms with van der Waals surface area (Å²) in [6, 6.07) is 10.6. The van der Waals surface area contributed by atoms with E-state index in [1.807, 2.05) is 19.1 Å². The number of methoxy groups -OCH3 is 1. The maximum absolute atomic E-state index is 13.8. The van der Waals surface area contributed by atoms with Gasteiger partial charge in [0.1, 0.15) is 5.82 Å². The quantitative estimate of drug-likeness (QED) is 0.778. The summed E-state index contributed by atoms with van der Waals surface area (Å²) in [6.07, 6.45) is -0.0421. The maximum Gasteiger partial charge on any atom is 0.337 e. The fourth-order valence-electron chi connectivity index (χ4n) is 2.29. The van der Waals surface area contributed by atoms with Crippen LogP contribution in [0.2, 0.25) is 0 Å². The van der Waals surface area contributed by atoms with Crippen LogP contribution in [0.1, 0.15) is 32.7 Å². The number of amides is 2. The molecule has 2 N–H and O–H groups in total. The van der Waals surface area contributed by atoms with E-state index >= 15 is 0 Å². The van der Waals surface area contributed by atoms with Gasteiger partial charge in [0.05, 0.1) is 18.4 Å². The molecule has 7 heteroatoms. The summed E-state index contributed by atoms with van der Waals surface area (Å²) in [5, 5.41) is 5.02. The lowest BCUT2D eigenvalue weighted by Crippen LogP contribution is -2.28. The van der Waals surface area contributed by atoms with E-state index in [1.165, 1.54) is 19.2 Å². The molecule has 136 valence electrons. The van der Waals surface area contributed by atoms with Crippen LogP contribution in [0.25, 0.3) is 0 Å². The minimum atomic E-state index is -0.671. The summed E-state index contributed by atoms with van der Waals surface area (Å²) in [4.78, 5) is 35.5. The highest BCUT2D eigenvalue weighted by atomic mass is 19.1. The van der Waals surface area contributed by atoms with Crippen LogP contribution in [0.4, 0.5) is 10.1 Å². The highest BCUT2D eigenvalue weighted by molar-refractivity contribution is 5.97. The van der Waals surface area contributed by atoms with Crippen molar-refractivity contribution in [3.8, 4) is 0 Å². The molecule has 0 atom stereocenters. The third-order valence-corrected chi connectivity index (χ3v) is 3.69. The normalized spacial score (nSPS) is 10.1. The van der Waals surface area contributed by atoms with Gasteiger partial charge in [-0.05, 0) is 36.8 Å². The summed E-state index contributed by atoms with van der Waals surface area (Å²) in [5.74, 6) is -2.08. The molecule has 0 aliphatic rings. The Morgan fingerprint density at radius 2 is 1.85 bits per heavy atom. The molecule has 0 saturated heterocycles. The molecule has 0 aromatic heterocycles. The van der Waals surface area contributed by atoms with Crippen LogP contribution in [0.15, 0.2) is 42.5 Å². The molecule has 0 fully saturated rings. The number of halogens is 1.